The molecule has 2 heteroatoms. The van der Waals surface area contributed by atoms with Crippen molar-refractivity contribution in [3.8, 4) is 0 Å². The van der Waals surface area contributed by atoms with Gasteiger partial charge in [0.15, 0.2) is 5.78 Å². The van der Waals surface area contributed by atoms with Crippen LogP contribution in [0.15, 0.2) is 18.2 Å². The number of carbonyl (C=O) groups excluding carboxylic acids is 1. The number of hydrogen-bond donors (Lipinski definition) is 0. The molecule has 1 radical (unpaired) electrons. The van der Waals surface area contributed by atoms with E-state index in [4.69, 9.17) is 0 Å². The van der Waals surface area contributed by atoms with E-state index in [1.165, 1.54) is 25.1 Å². The Morgan fingerprint density at radius 1 is 1.60 bits per heavy atom. The Morgan fingerprint density at radius 3 is 2.70 bits per heavy atom. The van der Waals surface area contributed by atoms with Gasteiger partial charge in [-0.25, -0.2) is 4.39 Å². The summed E-state index contributed by atoms with van der Waals surface area (Å²) in [6.45, 7) is 1.43. The Hall–Kier alpha value is -1.18. The first-order valence-electron chi connectivity index (χ1n) is 2.88. The number of Topliss-reactive ketones (excluding diaryl/α,β-unsaturated/α-hetero) is 1. The summed E-state index contributed by atoms with van der Waals surface area (Å²) in [5.41, 5.74) is 0.487. The molecule has 1 rings (SSSR count). The van der Waals surface area contributed by atoms with E-state index in [0.29, 0.717) is 5.56 Å². The lowest BCUT2D eigenvalue weighted by Crippen LogP contribution is -1.90. The lowest BCUT2D eigenvalue weighted by molar-refractivity contribution is 0.101. The van der Waals surface area contributed by atoms with Gasteiger partial charge >= 0.3 is 0 Å². The molecule has 0 bridgehead atoms. The normalized spacial score (nSPS) is 9.40. The van der Waals surface area contributed by atoms with Gasteiger partial charge in [-0.3, -0.25) is 4.79 Å². The number of rotatable bonds is 1. The van der Waals surface area contributed by atoms with E-state index < -0.39 is 5.82 Å². The van der Waals surface area contributed by atoms with E-state index in [2.05, 4.69) is 6.07 Å². The maximum atomic E-state index is 12.2. The number of hydrogen-bond acceptors (Lipinski definition) is 1. The van der Waals surface area contributed by atoms with E-state index >= 15 is 0 Å². The van der Waals surface area contributed by atoms with Gasteiger partial charge in [0, 0.05) is 11.6 Å². The molecule has 0 aromatic heterocycles. The Morgan fingerprint density at radius 2 is 2.30 bits per heavy atom. The second-order valence-corrected chi connectivity index (χ2v) is 1.98. The van der Waals surface area contributed by atoms with Crippen molar-refractivity contribution < 1.29 is 9.18 Å². The van der Waals surface area contributed by atoms with Crippen molar-refractivity contribution in [3.63, 3.8) is 0 Å². The van der Waals surface area contributed by atoms with Crippen LogP contribution < -0.4 is 0 Å². The van der Waals surface area contributed by atoms with E-state index in [-0.39, 0.29) is 5.78 Å². The Bertz CT molecular complexity index is 238. The Labute approximate surface area is 58.5 Å². The predicted octanol–water partition coefficient (Wildman–Crippen LogP) is 1.83. The Kier molecular flexibility index (Phi) is 1.81. The quantitative estimate of drug-likeness (QED) is 0.539. The first kappa shape index (κ1) is 6.93. The van der Waals surface area contributed by atoms with E-state index in [9.17, 15) is 9.18 Å². The van der Waals surface area contributed by atoms with Crippen LogP contribution in [0.5, 0.6) is 0 Å². The van der Waals surface area contributed by atoms with Crippen molar-refractivity contribution in [2.45, 2.75) is 6.92 Å². The molecule has 1 aromatic carbocycles. The summed E-state index contributed by atoms with van der Waals surface area (Å²) in [6.07, 6.45) is 0. The molecule has 0 amide bonds. The van der Waals surface area contributed by atoms with Gasteiger partial charge in [-0.2, -0.15) is 0 Å². The number of carbonyl (C=O) groups is 1. The molecule has 0 atom stereocenters. The molecular formula is C8H6FO. The second-order valence-electron chi connectivity index (χ2n) is 1.98. The molecule has 0 spiro atoms. The molecule has 0 saturated heterocycles. The topological polar surface area (TPSA) is 17.1 Å². The fourth-order valence-electron chi connectivity index (χ4n) is 0.625. The summed E-state index contributed by atoms with van der Waals surface area (Å²) < 4.78 is 12.2. The van der Waals surface area contributed by atoms with Crippen molar-refractivity contribution in [1.29, 1.82) is 0 Å². The van der Waals surface area contributed by atoms with Crippen molar-refractivity contribution in [3.05, 3.63) is 35.6 Å². The summed E-state index contributed by atoms with van der Waals surface area (Å²) in [6, 6.07) is 6.30. The number of halogens is 1. The highest BCUT2D eigenvalue weighted by Gasteiger charge is 1.96. The van der Waals surface area contributed by atoms with Gasteiger partial charge in [0.1, 0.15) is 5.82 Å². The van der Waals surface area contributed by atoms with Crippen LogP contribution in [-0.4, -0.2) is 5.78 Å². The summed E-state index contributed by atoms with van der Waals surface area (Å²) in [4.78, 5) is 10.6. The van der Waals surface area contributed by atoms with Gasteiger partial charge in [-0.05, 0) is 25.1 Å². The molecule has 0 N–H and O–H groups in total. The summed E-state index contributed by atoms with van der Waals surface area (Å²) in [5, 5.41) is 0. The minimum atomic E-state index is -0.440. The molecule has 0 fully saturated rings. The van der Waals surface area contributed by atoms with Crippen LogP contribution in [0, 0.1) is 11.9 Å². The van der Waals surface area contributed by atoms with Gasteiger partial charge in [0.25, 0.3) is 0 Å². The first-order chi connectivity index (χ1) is 4.70. The van der Waals surface area contributed by atoms with Crippen LogP contribution in [-0.2, 0) is 0 Å². The molecule has 0 heterocycles. The molecule has 0 saturated carbocycles. The zero-order valence-electron chi connectivity index (χ0n) is 5.52. The van der Waals surface area contributed by atoms with Crippen LogP contribution in [0.1, 0.15) is 17.3 Å². The molecule has 1 nitrogen and oxygen atoms in total. The Balaban J connectivity index is 3.00. The van der Waals surface area contributed by atoms with Crippen LogP contribution in [0.2, 0.25) is 0 Å². The van der Waals surface area contributed by atoms with E-state index in [0.717, 1.165) is 0 Å². The third-order valence-corrected chi connectivity index (χ3v) is 1.18. The average molecular weight is 137 g/mol. The van der Waals surface area contributed by atoms with Crippen molar-refractivity contribution in [2.24, 2.45) is 0 Å². The molecule has 0 aliphatic rings. The van der Waals surface area contributed by atoms with Crippen molar-refractivity contribution in [2.75, 3.05) is 0 Å². The molecule has 0 aliphatic heterocycles. The van der Waals surface area contributed by atoms with Crippen LogP contribution in [0.4, 0.5) is 4.39 Å². The van der Waals surface area contributed by atoms with Crippen LogP contribution in [0.25, 0.3) is 0 Å². The third-order valence-electron chi connectivity index (χ3n) is 1.18. The molecule has 1 aromatic rings. The van der Waals surface area contributed by atoms with Gasteiger partial charge in [-0.15, -0.1) is 0 Å². The summed E-state index contributed by atoms with van der Waals surface area (Å²) in [5.74, 6) is -0.513. The standard InChI is InChI=1S/C8H6FO/c1-6(10)7-2-4-8(9)5-3-7/h2-4H,1H3. The smallest absolute Gasteiger partial charge is 0.159 e. The van der Waals surface area contributed by atoms with Crippen LogP contribution >= 0.6 is 0 Å². The third kappa shape index (κ3) is 1.41. The van der Waals surface area contributed by atoms with Crippen molar-refractivity contribution >= 4 is 5.78 Å². The largest absolute Gasteiger partial charge is 0.295 e. The molecule has 51 valence electrons. The van der Waals surface area contributed by atoms with Crippen LogP contribution in [0.3, 0.4) is 0 Å². The summed E-state index contributed by atoms with van der Waals surface area (Å²) >= 11 is 0. The fourth-order valence-corrected chi connectivity index (χ4v) is 0.625. The zero-order valence-corrected chi connectivity index (χ0v) is 5.52. The molecule has 0 unspecified atom stereocenters. The highest BCUT2D eigenvalue weighted by molar-refractivity contribution is 5.93. The highest BCUT2D eigenvalue weighted by Crippen LogP contribution is 2.01. The van der Waals surface area contributed by atoms with E-state index in [1.54, 1.807) is 0 Å². The highest BCUT2D eigenvalue weighted by atomic mass is 19.1. The van der Waals surface area contributed by atoms with Gasteiger partial charge in [-0.1, -0.05) is 0 Å². The second kappa shape index (κ2) is 2.60. The first-order valence-corrected chi connectivity index (χ1v) is 2.88. The monoisotopic (exact) mass is 137 g/mol. The zero-order chi connectivity index (χ0) is 7.56. The van der Waals surface area contributed by atoms with Gasteiger partial charge < -0.3 is 0 Å². The lowest BCUT2D eigenvalue weighted by Gasteiger charge is -1.91. The molecule has 0 aliphatic carbocycles. The van der Waals surface area contributed by atoms with Gasteiger partial charge in [0.05, 0.1) is 0 Å². The average Bonchev–Trinajstić information content (AvgIpc) is 1.88. The number of ketones is 1. The number of benzene rings is 1. The predicted molar refractivity (Wildman–Crippen MR) is 35.2 cm³/mol. The lowest BCUT2D eigenvalue weighted by atomic mass is 10.1. The molecule has 10 heavy (non-hydrogen) atoms. The minimum Gasteiger partial charge on any atom is -0.295 e. The van der Waals surface area contributed by atoms with E-state index in [1.807, 2.05) is 0 Å². The summed E-state index contributed by atoms with van der Waals surface area (Å²) in [7, 11) is 0. The molecular weight excluding hydrogens is 131 g/mol. The SMILES string of the molecule is CC(=O)c1c[c]c(F)cc1. The minimum absolute atomic E-state index is 0.0729. The fraction of sp³-hybridized carbons (Fsp3) is 0.125. The maximum absolute atomic E-state index is 12.2. The van der Waals surface area contributed by atoms with Gasteiger partial charge in [0.2, 0.25) is 0 Å². The maximum Gasteiger partial charge on any atom is 0.159 e. The van der Waals surface area contributed by atoms with Crippen molar-refractivity contribution in [1.82, 2.24) is 0 Å².